The highest BCUT2D eigenvalue weighted by Gasteiger charge is 2.70. The van der Waals surface area contributed by atoms with Gasteiger partial charge in [-0.05, 0) is 87.4 Å². The number of terminal acetylenes is 1. The van der Waals surface area contributed by atoms with Crippen LogP contribution in [-0.4, -0.2) is 72.5 Å². The number of Topliss-reactive ketones (excluding diaryl/α,β-unsaturated/α-hetero) is 1. The number of ketones is 1. The number of rotatable bonds is 13. The number of fused-ring (bicyclic) bond motifs is 1. The Morgan fingerprint density at radius 1 is 0.958 bits per heavy atom. The molecule has 1 aliphatic heterocycles. The van der Waals surface area contributed by atoms with E-state index < -0.39 is 61.0 Å². The molecule has 0 spiro atoms. The fraction of sp³-hybridized carbons (Fsp3) is 0.842. The Morgan fingerprint density at radius 3 is 2.08 bits per heavy atom. The van der Waals surface area contributed by atoms with E-state index in [2.05, 4.69) is 37.3 Å². The second-order valence-electron chi connectivity index (χ2n) is 17.3. The van der Waals surface area contributed by atoms with Gasteiger partial charge >= 0.3 is 0 Å². The van der Waals surface area contributed by atoms with Crippen molar-refractivity contribution in [1.82, 2.24) is 15.5 Å². The van der Waals surface area contributed by atoms with E-state index in [1.165, 1.54) is 0 Å². The minimum absolute atomic E-state index is 0.0336. The first kappa shape index (κ1) is 38.4. The average molecular weight is 688 g/mol. The van der Waals surface area contributed by atoms with Crippen LogP contribution < -0.4 is 10.6 Å². The van der Waals surface area contributed by atoms with E-state index in [4.69, 9.17) is 6.42 Å². The molecule has 1 heterocycles. The predicted octanol–water partition coefficient (Wildman–Crippen LogP) is 5.21. The smallest absolute Gasteiger partial charge is 0.289 e. The molecule has 2 N–H and O–H groups in total. The Bertz CT molecular complexity index is 1380. The molecule has 4 aliphatic rings. The summed E-state index contributed by atoms with van der Waals surface area (Å²) in [6.45, 7) is 14.3. The molecule has 4 fully saturated rings. The Balaban J connectivity index is 1.74. The van der Waals surface area contributed by atoms with Crippen LogP contribution in [0.2, 0.25) is 0 Å². The standard InChI is InChI=1S/C38H61N3O6S/c1-9-11-18-27(30(42)33(44)39-23-10-2)40-32(43)29-28-26(36(28,6)7)24-41(29)34(45)31(37(8)19-14-12-15-20-37)38(21-16-13-17-22-38)25-48(46,47)35(3,4)5/h1,26-29,31H,10-25H2,2-8H3,(H,39,44)(H,40,43)/t26-,27?,28-,29-,31?/m0/s1. The quantitative estimate of drug-likeness (QED) is 0.202. The number of piperidine rings is 1. The highest BCUT2D eigenvalue weighted by molar-refractivity contribution is 7.92. The van der Waals surface area contributed by atoms with Crippen molar-refractivity contribution in [3.05, 3.63) is 0 Å². The van der Waals surface area contributed by atoms with Crippen LogP contribution in [0.25, 0.3) is 0 Å². The maximum Gasteiger partial charge on any atom is 0.289 e. The average Bonchev–Trinajstić information content (AvgIpc) is 3.32. The van der Waals surface area contributed by atoms with E-state index >= 15 is 4.79 Å². The molecule has 1 saturated heterocycles. The van der Waals surface area contributed by atoms with Crippen molar-refractivity contribution in [2.24, 2.45) is 34.0 Å². The number of hydrogen-bond donors (Lipinski definition) is 2. The SMILES string of the molecule is C#CCCC(NC(=O)[C@@H]1[C@@H]2[C@H](CN1C(=O)C(C1(C)CCCCC1)C1(CS(=O)(=O)C(C)(C)C)CCCCC1)C2(C)C)C(=O)C(=O)NCCC. The Hall–Kier alpha value is -2.41. The van der Waals surface area contributed by atoms with Gasteiger partial charge in [0.1, 0.15) is 6.04 Å². The minimum atomic E-state index is -3.56. The first-order valence-electron chi connectivity index (χ1n) is 18.5. The molecular formula is C38H61N3O6S. The number of carbonyl (C=O) groups is 4. The van der Waals surface area contributed by atoms with E-state index in [-0.39, 0.29) is 41.8 Å². The summed E-state index contributed by atoms with van der Waals surface area (Å²) in [6, 6.07) is -1.91. The Labute approximate surface area is 289 Å². The highest BCUT2D eigenvalue weighted by Crippen LogP contribution is 2.66. The second kappa shape index (κ2) is 14.4. The van der Waals surface area contributed by atoms with E-state index in [1.54, 1.807) is 25.7 Å². The van der Waals surface area contributed by atoms with Gasteiger partial charge in [-0.3, -0.25) is 19.2 Å². The molecule has 3 aliphatic carbocycles. The van der Waals surface area contributed by atoms with Crippen LogP contribution in [0.15, 0.2) is 0 Å². The number of sulfone groups is 1. The van der Waals surface area contributed by atoms with E-state index in [0.29, 0.717) is 32.4 Å². The number of likely N-dealkylation sites (tertiary alicyclic amines) is 1. The molecule has 4 rings (SSSR count). The predicted molar refractivity (Wildman–Crippen MR) is 188 cm³/mol. The lowest BCUT2D eigenvalue weighted by molar-refractivity contribution is -0.156. The molecule has 0 aromatic rings. The van der Waals surface area contributed by atoms with Crippen molar-refractivity contribution in [3.8, 4) is 12.3 Å². The lowest BCUT2D eigenvalue weighted by atomic mass is 9.54. The third-order valence-corrected chi connectivity index (χ3v) is 15.4. The number of carbonyl (C=O) groups excluding carboxylic acids is 4. The molecule has 3 amide bonds. The van der Waals surface area contributed by atoms with E-state index in [1.807, 2.05) is 6.92 Å². The van der Waals surface area contributed by atoms with Gasteiger partial charge in [0.2, 0.25) is 17.6 Å². The van der Waals surface area contributed by atoms with Crippen LogP contribution >= 0.6 is 0 Å². The van der Waals surface area contributed by atoms with Crippen molar-refractivity contribution >= 4 is 33.3 Å². The largest absolute Gasteiger partial charge is 0.349 e. The van der Waals surface area contributed by atoms with Crippen LogP contribution in [0.1, 0.15) is 132 Å². The summed E-state index contributed by atoms with van der Waals surface area (Å²) >= 11 is 0. The van der Waals surface area contributed by atoms with Crippen molar-refractivity contribution < 1.29 is 27.6 Å². The number of nitrogens with zero attached hydrogens (tertiary/aromatic N) is 1. The van der Waals surface area contributed by atoms with E-state index in [0.717, 1.165) is 51.4 Å². The normalized spacial score (nSPS) is 27.1. The lowest BCUT2D eigenvalue weighted by Crippen LogP contribution is -2.60. The van der Waals surface area contributed by atoms with Gasteiger partial charge in [0.15, 0.2) is 9.84 Å². The molecule has 2 unspecified atom stereocenters. The third kappa shape index (κ3) is 7.51. The second-order valence-corrected chi connectivity index (χ2v) is 20.0. The molecule has 5 atom stereocenters. The monoisotopic (exact) mass is 687 g/mol. The number of nitrogens with one attached hydrogen (secondary N) is 2. The van der Waals surface area contributed by atoms with Gasteiger partial charge < -0.3 is 15.5 Å². The maximum atomic E-state index is 15.4. The van der Waals surface area contributed by atoms with Crippen molar-refractivity contribution in [2.45, 2.75) is 149 Å². The van der Waals surface area contributed by atoms with Crippen LogP contribution in [0.5, 0.6) is 0 Å². The zero-order chi connectivity index (χ0) is 35.7. The van der Waals surface area contributed by atoms with Crippen molar-refractivity contribution in [2.75, 3.05) is 18.8 Å². The van der Waals surface area contributed by atoms with Crippen molar-refractivity contribution in [1.29, 1.82) is 0 Å². The maximum absolute atomic E-state index is 15.4. The zero-order valence-electron chi connectivity index (χ0n) is 30.6. The molecule has 9 nitrogen and oxygen atoms in total. The third-order valence-electron chi connectivity index (χ3n) is 12.5. The molecule has 0 bridgehead atoms. The van der Waals surface area contributed by atoms with E-state index in [9.17, 15) is 22.8 Å². The summed E-state index contributed by atoms with van der Waals surface area (Å²) in [6.07, 6.45) is 15.4. The van der Waals surface area contributed by atoms with Gasteiger partial charge in [0, 0.05) is 19.5 Å². The zero-order valence-corrected chi connectivity index (χ0v) is 31.4. The summed E-state index contributed by atoms with van der Waals surface area (Å²) in [5, 5.41) is 5.48. The highest BCUT2D eigenvalue weighted by atomic mass is 32.2. The topological polar surface area (TPSA) is 130 Å². The van der Waals surface area contributed by atoms with Crippen LogP contribution in [0.4, 0.5) is 0 Å². The molecule has 10 heteroatoms. The molecule has 270 valence electrons. The fourth-order valence-electron chi connectivity index (χ4n) is 9.53. The molecule has 48 heavy (non-hydrogen) atoms. The first-order chi connectivity index (χ1) is 22.4. The van der Waals surface area contributed by atoms with Crippen molar-refractivity contribution in [3.63, 3.8) is 0 Å². The molecule has 0 radical (unpaired) electrons. The molecule has 0 aromatic carbocycles. The van der Waals surface area contributed by atoms with Crippen LogP contribution in [0, 0.1) is 46.3 Å². The van der Waals surface area contributed by atoms with Gasteiger partial charge in [0.05, 0.1) is 22.5 Å². The fourth-order valence-corrected chi connectivity index (χ4v) is 11.2. The van der Waals surface area contributed by atoms with Gasteiger partial charge in [-0.2, -0.15) is 0 Å². The first-order valence-corrected chi connectivity index (χ1v) is 20.1. The minimum Gasteiger partial charge on any atom is -0.349 e. The number of hydrogen-bond acceptors (Lipinski definition) is 6. The molecular weight excluding hydrogens is 627 g/mol. The summed E-state index contributed by atoms with van der Waals surface area (Å²) in [4.78, 5) is 57.4. The summed E-state index contributed by atoms with van der Waals surface area (Å²) in [7, 11) is -3.56. The summed E-state index contributed by atoms with van der Waals surface area (Å²) < 4.78 is 27.1. The molecule has 3 saturated carbocycles. The number of amides is 3. The Morgan fingerprint density at radius 2 is 1.54 bits per heavy atom. The van der Waals surface area contributed by atoms with Gasteiger partial charge in [-0.1, -0.05) is 66.2 Å². The van der Waals surface area contributed by atoms with Gasteiger partial charge in [-0.25, -0.2) is 8.42 Å². The Kier molecular flexibility index (Phi) is 11.6. The van der Waals surface area contributed by atoms with Crippen LogP contribution in [-0.2, 0) is 29.0 Å². The summed E-state index contributed by atoms with van der Waals surface area (Å²) in [5.74, 6) is -0.0932. The molecule has 0 aromatic heterocycles. The van der Waals surface area contributed by atoms with Gasteiger partial charge in [-0.15, -0.1) is 12.3 Å². The summed E-state index contributed by atoms with van der Waals surface area (Å²) in [5.41, 5.74) is -1.29. The van der Waals surface area contributed by atoms with Gasteiger partial charge in [0.25, 0.3) is 5.91 Å². The lowest BCUT2D eigenvalue weighted by Gasteiger charge is -2.53. The van der Waals surface area contributed by atoms with Crippen LogP contribution in [0.3, 0.4) is 0 Å².